The number of aryl methyl sites for hydroxylation is 1. The second-order valence-electron chi connectivity index (χ2n) is 5.16. The maximum Gasteiger partial charge on any atom is 0.105 e. The average molecular weight is 298 g/mol. The smallest absolute Gasteiger partial charge is 0.105 e. The van der Waals surface area contributed by atoms with E-state index < -0.39 is 0 Å². The van der Waals surface area contributed by atoms with Crippen LogP contribution in [0, 0.1) is 6.92 Å². The first-order chi connectivity index (χ1) is 10.2. The zero-order chi connectivity index (χ0) is 14.7. The maximum absolute atomic E-state index is 5.37. The lowest BCUT2D eigenvalue weighted by molar-refractivity contribution is 0.498. The van der Waals surface area contributed by atoms with Gasteiger partial charge in [-0.2, -0.15) is 0 Å². The van der Waals surface area contributed by atoms with Crippen molar-refractivity contribution in [1.29, 1.82) is 0 Å². The minimum atomic E-state index is 0.323. The molecule has 1 N–H and O–H groups in total. The normalized spacial score (nSPS) is 12.3. The molecule has 1 unspecified atom stereocenters. The summed E-state index contributed by atoms with van der Waals surface area (Å²) in [6, 6.07) is 12.7. The lowest BCUT2D eigenvalue weighted by atomic mass is 10.1. The summed E-state index contributed by atoms with van der Waals surface area (Å²) in [5.41, 5.74) is 3.32. The molecule has 3 rings (SSSR count). The van der Waals surface area contributed by atoms with Crippen LogP contribution in [0.15, 0.2) is 52.5 Å². The highest BCUT2D eigenvalue weighted by Crippen LogP contribution is 2.23. The molecule has 3 nitrogen and oxygen atoms in total. The molecule has 2 heterocycles. The number of nitrogens with one attached hydrogen (secondary N) is 1. The third-order valence-corrected chi connectivity index (χ3v) is 4.07. The summed E-state index contributed by atoms with van der Waals surface area (Å²) in [7, 11) is 0. The first-order valence-electron chi connectivity index (χ1n) is 7.02. The Hall–Kier alpha value is -2.07. The van der Waals surface area contributed by atoms with E-state index in [4.69, 9.17) is 4.42 Å². The summed E-state index contributed by atoms with van der Waals surface area (Å²) in [6.45, 7) is 4.18. The molecule has 3 aromatic rings. The molecule has 0 bridgehead atoms. The SMILES string of the molecule is Cc1nc(-c2ccc(NC(C)Cc3ccco3)cc2)cs1. The lowest BCUT2D eigenvalue weighted by Gasteiger charge is -2.14. The van der Waals surface area contributed by atoms with Gasteiger partial charge in [-0.15, -0.1) is 11.3 Å². The lowest BCUT2D eigenvalue weighted by Crippen LogP contribution is -2.17. The molecule has 0 spiro atoms. The summed E-state index contributed by atoms with van der Waals surface area (Å²) in [5, 5.41) is 6.68. The van der Waals surface area contributed by atoms with Gasteiger partial charge in [-0.3, -0.25) is 0 Å². The van der Waals surface area contributed by atoms with E-state index in [1.165, 1.54) is 0 Å². The molecule has 0 amide bonds. The van der Waals surface area contributed by atoms with Crippen molar-refractivity contribution in [3.8, 4) is 11.3 Å². The Labute approximate surface area is 128 Å². The van der Waals surface area contributed by atoms with Crippen molar-refractivity contribution in [3.05, 3.63) is 58.8 Å². The number of hydrogen-bond donors (Lipinski definition) is 1. The summed E-state index contributed by atoms with van der Waals surface area (Å²) in [5.74, 6) is 1.00. The van der Waals surface area contributed by atoms with Crippen LogP contribution in [0.5, 0.6) is 0 Å². The first kappa shape index (κ1) is 13.9. The van der Waals surface area contributed by atoms with E-state index in [0.717, 1.165) is 34.1 Å². The summed E-state index contributed by atoms with van der Waals surface area (Å²) in [4.78, 5) is 4.51. The summed E-state index contributed by atoms with van der Waals surface area (Å²) < 4.78 is 5.37. The highest BCUT2D eigenvalue weighted by atomic mass is 32.1. The van der Waals surface area contributed by atoms with Crippen LogP contribution in [0.3, 0.4) is 0 Å². The number of anilines is 1. The van der Waals surface area contributed by atoms with Crippen molar-refractivity contribution in [2.45, 2.75) is 26.3 Å². The van der Waals surface area contributed by atoms with Crippen molar-refractivity contribution >= 4 is 17.0 Å². The number of thiazole rings is 1. The van der Waals surface area contributed by atoms with Crippen molar-refractivity contribution < 1.29 is 4.42 Å². The minimum absolute atomic E-state index is 0.323. The molecule has 21 heavy (non-hydrogen) atoms. The van der Waals surface area contributed by atoms with Gasteiger partial charge in [0.05, 0.1) is 17.0 Å². The van der Waals surface area contributed by atoms with E-state index in [1.54, 1.807) is 17.6 Å². The third-order valence-electron chi connectivity index (χ3n) is 3.30. The number of aromatic nitrogens is 1. The number of benzene rings is 1. The number of furan rings is 1. The molecule has 0 aliphatic heterocycles. The monoisotopic (exact) mass is 298 g/mol. The molecule has 0 saturated carbocycles. The Kier molecular flexibility index (Phi) is 4.06. The Morgan fingerprint density at radius 2 is 2.05 bits per heavy atom. The van der Waals surface area contributed by atoms with Crippen LogP contribution in [0.25, 0.3) is 11.3 Å². The molecule has 1 atom stereocenters. The minimum Gasteiger partial charge on any atom is -0.469 e. The molecule has 0 fully saturated rings. The standard InChI is InChI=1S/C17H18N2OS/c1-12(10-16-4-3-9-20-16)18-15-7-5-14(6-8-15)17-11-21-13(2)19-17/h3-9,11-12,18H,10H2,1-2H3. The zero-order valence-corrected chi connectivity index (χ0v) is 13.0. The number of hydrogen-bond acceptors (Lipinski definition) is 4. The van der Waals surface area contributed by atoms with Gasteiger partial charge in [-0.1, -0.05) is 12.1 Å². The molecule has 1 aromatic carbocycles. The van der Waals surface area contributed by atoms with Gasteiger partial charge < -0.3 is 9.73 Å². The Morgan fingerprint density at radius 1 is 1.24 bits per heavy atom. The predicted molar refractivity (Wildman–Crippen MR) is 87.8 cm³/mol. The van der Waals surface area contributed by atoms with E-state index in [1.807, 2.05) is 19.1 Å². The average Bonchev–Trinajstić information content (AvgIpc) is 3.11. The van der Waals surface area contributed by atoms with Gasteiger partial charge in [0.15, 0.2) is 0 Å². The van der Waals surface area contributed by atoms with E-state index >= 15 is 0 Å². The zero-order valence-electron chi connectivity index (χ0n) is 12.2. The first-order valence-corrected chi connectivity index (χ1v) is 7.90. The molecule has 0 aliphatic carbocycles. The van der Waals surface area contributed by atoms with Crippen molar-refractivity contribution in [2.75, 3.05) is 5.32 Å². The van der Waals surface area contributed by atoms with Crippen LogP contribution in [0.1, 0.15) is 17.7 Å². The molecule has 2 aromatic heterocycles. The van der Waals surface area contributed by atoms with Crippen LogP contribution >= 0.6 is 11.3 Å². The fraction of sp³-hybridized carbons (Fsp3) is 0.235. The van der Waals surface area contributed by atoms with Gasteiger partial charge >= 0.3 is 0 Å². The van der Waals surface area contributed by atoms with E-state index in [9.17, 15) is 0 Å². The Bertz CT molecular complexity index is 686. The summed E-state index contributed by atoms with van der Waals surface area (Å²) >= 11 is 1.68. The van der Waals surface area contributed by atoms with Gasteiger partial charge in [-0.05, 0) is 38.1 Å². The second kappa shape index (κ2) is 6.14. The number of nitrogens with zero attached hydrogens (tertiary/aromatic N) is 1. The van der Waals surface area contributed by atoms with E-state index in [0.29, 0.717) is 6.04 Å². The van der Waals surface area contributed by atoms with E-state index in [-0.39, 0.29) is 0 Å². The highest BCUT2D eigenvalue weighted by molar-refractivity contribution is 7.09. The number of rotatable bonds is 5. The van der Waals surface area contributed by atoms with Crippen LogP contribution in [-0.2, 0) is 6.42 Å². The second-order valence-corrected chi connectivity index (χ2v) is 6.22. The van der Waals surface area contributed by atoms with Gasteiger partial charge in [0.25, 0.3) is 0 Å². The van der Waals surface area contributed by atoms with Crippen LogP contribution in [0.2, 0.25) is 0 Å². The van der Waals surface area contributed by atoms with E-state index in [2.05, 4.69) is 46.9 Å². The van der Waals surface area contributed by atoms with Crippen molar-refractivity contribution in [3.63, 3.8) is 0 Å². The Balaban J connectivity index is 1.64. The van der Waals surface area contributed by atoms with Gasteiger partial charge in [0.2, 0.25) is 0 Å². The van der Waals surface area contributed by atoms with Gasteiger partial charge in [0.1, 0.15) is 5.76 Å². The molecule has 4 heteroatoms. The van der Waals surface area contributed by atoms with Crippen molar-refractivity contribution in [2.24, 2.45) is 0 Å². The van der Waals surface area contributed by atoms with Crippen molar-refractivity contribution in [1.82, 2.24) is 4.98 Å². The predicted octanol–water partition coefficient (Wildman–Crippen LogP) is 4.75. The van der Waals surface area contributed by atoms with Crippen LogP contribution in [-0.4, -0.2) is 11.0 Å². The highest BCUT2D eigenvalue weighted by Gasteiger charge is 2.06. The fourth-order valence-electron chi connectivity index (χ4n) is 2.30. The maximum atomic E-state index is 5.37. The largest absolute Gasteiger partial charge is 0.469 e. The molecule has 0 aliphatic rings. The van der Waals surface area contributed by atoms with Crippen LogP contribution in [0.4, 0.5) is 5.69 Å². The van der Waals surface area contributed by atoms with Crippen LogP contribution < -0.4 is 5.32 Å². The molecule has 0 saturated heterocycles. The molecule has 108 valence electrons. The van der Waals surface area contributed by atoms with Gasteiger partial charge in [-0.25, -0.2) is 4.98 Å². The van der Waals surface area contributed by atoms with Gasteiger partial charge in [0, 0.05) is 29.1 Å². The quantitative estimate of drug-likeness (QED) is 0.738. The molecular weight excluding hydrogens is 280 g/mol. The summed E-state index contributed by atoms with van der Waals surface area (Å²) in [6.07, 6.45) is 2.59. The molecule has 0 radical (unpaired) electrons. The topological polar surface area (TPSA) is 38.1 Å². The third kappa shape index (κ3) is 3.52. The fourth-order valence-corrected chi connectivity index (χ4v) is 2.92. The molecular formula is C17H18N2OS. The Morgan fingerprint density at radius 3 is 2.67 bits per heavy atom.